The van der Waals surface area contributed by atoms with Crippen molar-refractivity contribution in [3.63, 3.8) is 0 Å². The van der Waals surface area contributed by atoms with Crippen molar-refractivity contribution < 1.29 is 32.4 Å². The van der Waals surface area contributed by atoms with Crippen LogP contribution < -0.4 is 5.73 Å². The van der Waals surface area contributed by atoms with E-state index in [0.717, 1.165) is 5.56 Å². The van der Waals surface area contributed by atoms with Gasteiger partial charge < -0.3 is 15.6 Å². The van der Waals surface area contributed by atoms with Gasteiger partial charge in [0.25, 0.3) is 10.1 Å². The van der Waals surface area contributed by atoms with Gasteiger partial charge in [-0.25, -0.2) is 0 Å². The lowest BCUT2D eigenvalue weighted by molar-refractivity contribution is -0.145. The van der Waals surface area contributed by atoms with Crippen molar-refractivity contribution in [3.05, 3.63) is 29.8 Å². The van der Waals surface area contributed by atoms with Gasteiger partial charge in [-0.05, 0) is 32.4 Å². The Morgan fingerprint density at radius 2 is 1.78 bits per heavy atom. The summed E-state index contributed by atoms with van der Waals surface area (Å²) in [5, 5.41) is 8.27. The summed E-state index contributed by atoms with van der Waals surface area (Å²) >= 11 is 0. The summed E-state index contributed by atoms with van der Waals surface area (Å²) in [6, 6.07) is 5.17. The smallest absolute Gasteiger partial charge is 0.322 e. The monoisotopic (exact) mass is 347 g/mol. The van der Waals surface area contributed by atoms with Crippen molar-refractivity contribution in [2.75, 3.05) is 6.61 Å². The van der Waals surface area contributed by atoms with Gasteiger partial charge in [0.15, 0.2) is 0 Å². The molecule has 9 heteroatoms. The van der Waals surface area contributed by atoms with Crippen LogP contribution in [0.4, 0.5) is 0 Å². The van der Waals surface area contributed by atoms with Crippen molar-refractivity contribution in [1.29, 1.82) is 0 Å². The Morgan fingerprint density at radius 3 is 2.17 bits per heavy atom. The molecule has 0 unspecified atom stereocenters. The van der Waals surface area contributed by atoms with Crippen molar-refractivity contribution in [2.24, 2.45) is 5.73 Å². The molecule has 0 radical (unpaired) electrons. The first-order chi connectivity index (χ1) is 10.6. The van der Waals surface area contributed by atoms with E-state index in [1.54, 1.807) is 19.1 Å². The summed E-state index contributed by atoms with van der Waals surface area (Å²) in [7, 11) is -4.02. The average Bonchev–Trinajstić information content (AvgIpc) is 2.45. The first kappa shape index (κ1) is 21.0. The minimum Gasteiger partial charge on any atom is -0.481 e. The van der Waals surface area contributed by atoms with Gasteiger partial charge >= 0.3 is 11.9 Å². The highest BCUT2D eigenvalue weighted by Gasteiger charge is 2.15. The zero-order valence-electron chi connectivity index (χ0n) is 12.9. The number of carboxylic acid groups (broad SMARTS) is 1. The van der Waals surface area contributed by atoms with Crippen molar-refractivity contribution in [2.45, 2.75) is 37.6 Å². The minimum atomic E-state index is -4.02. The average molecular weight is 347 g/mol. The molecule has 0 aliphatic heterocycles. The number of hydrogen-bond donors (Lipinski definition) is 3. The molecule has 0 fully saturated rings. The quantitative estimate of drug-likeness (QED) is 0.510. The van der Waals surface area contributed by atoms with E-state index in [1.165, 1.54) is 12.1 Å². The van der Waals surface area contributed by atoms with Crippen molar-refractivity contribution in [1.82, 2.24) is 0 Å². The number of nitrogens with two attached hydrogens (primary N) is 1. The number of aliphatic carboxylic acids is 1. The van der Waals surface area contributed by atoms with Crippen LogP contribution in [0.25, 0.3) is 0 Å². The number of rotatable bonds is 6. The number of hydrogen-bond acceptors (Lipinski definition) is 6. The molecule has 1 atom stereocenters. The number of carbonyl (C=O) groups is 2. The van der Waals surface area contributed by atoms with Crippen LogP contribution in [0.5, 0.6) is 0 Å². The summed E-state index contributed by atoms with van der Waals surface area (Å²) < 4.78 is 34.1. The molecule has 0 amide bonds. The third-order valence-electron chi connectivity index (χ3n) is 2.58. The summed E-state index contributed by atoms with van der Waals surface area (Å²) in [5.41, 5.74) is 6.27. The fraction of sp³-hybridized carbons (Fsp3) is 0.429. The molecule has 8 nitrogen and oxygen atoms in total. The number of aryl methyl sites for hydroxylation is 1. The molecule has 0 saturated heterocycles. The van der Waals surface area contributed by atoms with E-state index in [1.807, 2.05) is 6.92 Å². The fourth-order valence-electron chi connectivity index (χ4n) is 1.36. The first-order valence-corrected chi connectivity index (χ1v) is 8.20. The molecule has 0 heterocycles. The van der Waals surface area contributed by atoms with Crippen LogP contribution in [0.1, 0.15) is 25.3 Å². The first-order valence-electron chi connectivity index (χ1n) is 6.76. The summed E-state index contributed by atoms with van der Waals surface area (Å²) in [5.74, 6) is -1.51. The van der Waals surface area contributed by atoms with Gasteiger partial charge in [-0.3, -0.25) is 14.1 Å². The number of esters is 1. The number of carboxylic acids is 1. The van der Waals surface area contributed by atoms with Gasteiger partial charge in [0, 0.05) is 6.42 Å². The molecular weight excluding hydrogens is 326 g/mol. The predicted octanol–water partition coefficient (Wildman–Crippen LogP) is 0.983. The SMILES string of the molecule is CCOC(=O)[C@@H](N)CCC(=O)O.Cc1ccc(S(=O)(=O)O)cc1. The second-order valence-corrected chi connectivity index (χ2v) is 6.00. The lowest BCUT2D eigenvalue weighted by Crippen LogP contribution is -2.32. The van der Waals surface area contributed by atoms with Crippen LogP contribution in [-0.4, -0.2) is 42.7 Å². The van der Waals surface area contributed by atoms with Crippen molar-refractivity contribution >= 4 is 22.1 Å². The van der Waals surface area contributed by atoms with E-state index in [0.29, 0.717) is 0 Å². The largest absolute Gasteiger partial charge is 0.481 e. The predicted molar refractivity (Wildman–Crippen MR) is 82.5 cm³/mol. The van der Waals surface area contributed by atoms with E-state index in [2.05, 4.69) is 4.74 Å². The maximum atomic E-state index is 10.8. The molecule has 0 spiro atoms. The number of benzene rings is 1. The topological polar surface area (TPSA) is 144 Å². The second-order valence-electron chi connectivity index (χ2n) is 4.58. The Hall–Kier alpha value is -1.97. The van der Waals surface area contributed by atoms with E-state index in [9.17, 15) is 18.0 Å². The van der Waals surface area contributed by atoms with Crippen molar-refractivity contribution in [3.8, 4) is 0 Å². The Kier molecular flexibility index (Phi) is 9.08. The van der Waals surface area contributed by atoms with E-state index in [-0.39, 0.29) is 24.3 Å². The highest BCUT2D eigenvalue weighted by Crippen LogP contribution is 2.08. The van der Waals surface area contributed by atoms with Crippen LogP contribution in [-0.2, 0) is 24.4 Å². The summed E-state index contributed by atoms with van der Waals surface area (Å²) in [6.45, 7) is 3.77. The van der Waals surface area contributed by atoms with Crippen LogP contribution in [0, 0.1) is 6.92 Å². The third-order valence-corrected chi connectivity index (χ3v) is 3.45. The highest BCUT2D eigenvalue weighted by atomic mass is 32.2. The molecule has 1 aromatic rings. The lowest BCUT2D eigenvalue weighted by Gasteiger charge is -2.07. The molecule has 23 heavy (non-hydrogen) atoms. The van der Waals surface area contributed by atoms with Crippen LogP contribution >= 0.6 is 0 Å². The van der Waals surface area contributed by atoms with Crippen LogP contribution in [0.3, 0.4) is 0 Å². The zero-order valence-corrected chi connectivity index (χ0v) is 13.7. The van der Waals surface area contributed by atoms with Gasteiger partial charge in [0.05, 0.1) is 11.5 Å². The zero-order chi connectivity index (χ0) is 18.0. The molecular formula is C14H21NO7S. The van der Waals surface area contributed by atoms with E-state index in [4.69, 9.17) is 15.4 Å². The lowest BCUT2D eigenvalue weighted by atomic mass is 10.2. The van der Waals surface area contributed by atoms with Crippen LogP contribution in [0.15, 0.2) is 29.2 Å². The Balaban J connectivity index is 0.000000422. The summed E-state index contributed by atoms with van der Waals surface area (Å²) in [4.78, 5) is 20.8. The highest BCUT2D eigenvalue weighted by molar-refractivity contribution is 7.85. The number of ether oxygens (including phenoxy) is 1. The Bertz CT molecular complexity index is 611. The Labute approximate surface area is 135 Å². The fourth-order valence-corrected chi connectivity index (χ4v) is 1.84. The third kappa shape index (κ3) is 9.61. The molecule has 1 rings (SSSR count). The van der Waals surface area contributed by atoms with Gasteiger partial charge in [0.1, 0.15) is 6.04 Å². The molecule has 0 bridgehead atoms. The van der Waals surface area contributed by atoms with Gasteiger partial charge in [0.2, 0.25) is 0 Å². The minimum absolute atomic E-state index is 0.0666. The molecule has 130 valence electrons. The Morgan fingerprint density at radius 1 is 1.26 bits per heavy atom. The van der Waals surface area contributed by atoms with E-state index >= 15 is 0 Å². The molecule has 1 aromatic carbocycles. The van der Waals surface area contributed by atoms with Crippen LogP contribution in [0.2, 0.25) is 0 Å². The van der Waals surface area contributed by atoms with E-state index < -0.39 is 28.1 Å². The van der Waals surface area contributed by atoms with Gasteiger partial charge in [-0.2, -0.15) is 8.42 Å². The van der Waals surface area contributed by atoms with Gasteiger partial charge in [-0.15, -0.1) is 0 Å². The molecule has 0 aliphatic carbocycles. The number of carbonyl (C=O) groups excluding carboxylic acids is 1. The molecule has 0 aliphatic rings. The summed E-state index contributed by atoms with van der Waals surface area (Å²) in [6.07, 6.45) is 0.00808. The molecule has 4 N–H and O–H groups in total. The standard InChI is InChI=1S/C7H13NO4.C7H8O3S/c1-2-12-7(11)5(8)3-4-6(9)10;1-6-2-4-7(5-3-6)11(8,9)10/h5H,2-4,8H2,1H3,(H,9,10);2-5H,1H3,(H,8,9,10)/t5-;/m0./s1. The molecule has 0 saturated carbocycles. The normalized spacial score (nSPS) is 11.8. The maximum absolute atomic E-state index is 10.8. The second kappa shape index (κ2) is 9.93. The molecule has 0 aromatic heterocycles. The maximum Gasteiger partial charge on any atom is 0.322 e. The van der Waals surface area contributed by atoms with Gasteiger partial charge in [-0.1, -0.05) is 17.7 Å².